The van der Waals surface area contributed by atoms with Crippen LogP contribution in [0, 0.1) is 0 Å². The average Bonchev–Trinajstić information content (AvgIpc) is 2.66. The maximum Gasteiger partial charge on any atom is 0.266 e. The molecule has 0 aliphatic carbocycles. The van der Waals surface area contributed by atoms with Crippen LogP contribution >= 0.6 is 11.8 Å². The lowest BCUT2D eigenvalue weighted by Crippen LogP contribution is -2.36. The number of fused-ring (bicyclic) bond motifs is 1. The van der Waals surface area contributed by atoms with Crippen molar-refractivity contribution in [3.63, 3.8) is 0 Å². The molecule has 1 amide bonds. The maximum atomic E-state index is 13.1. The van der Waals surface area contributed by atoms with Crippen molar-refractivity contribution in [3.05, 3.63) is 65.0 Å². The molecule has 138 valence electrons. The van der Waals surface area contributed by atoms with Crippen molar-refractivity contribution in [1.29, 1.82) is 0 Å². The summed E-state index contributed by atoms with van der Waals surface area (Å²) < 4.78 is 1.45. The Morgan fingerprint density at radius 1 is 1.04 bits per heavy atom. The number of para-hydroxylation sites is 2. The largest absolute Gasteiger partial charge is 0.347 e. The van der Waals surface area contributed by atoms with E-state index < -0.39 is 5.25 Å². The maximum absolute atomic E-state index is 13.1. The Balaban J connectivity index is 2.23. The Hall–Kier alpha value is -2.93. The van der Waals surface area contributed by atoms with E-state index in [-0.39, 0.29) is 17.2 Å². The van der Waals surface area contributed by atoms with Gasteiger partial charge in [-0.15, -0.1) is 0 Å². The van der Waals surface area contributed by atoms with E-state index in [4.69, 9.17) is 0 Å². The first-order valence-corrected chi connectivity index (χ1v) is 9.23. The molecule has 0 saturated carbocycles. The van der Waals surface area contributed by atoms with Crippen molar-refractivity contribution < 1.29 is 9.59 Å². The molecule has 0 spiro atoms. The number of carbonyl (C=O) groups is 2. The Labute approximate surface area is 160 Å². The second-order valence-electron chi connectivity index (χ2n) is 6.23. The van der Waals surface area contributed by atoms with Crippen molar-refractivity contribution in [2.75, 3.05) is 14.1 Å². The van der Waals surface area contributed by atoms with Gasteiger partial charge >= 0.3 is 0 Å². The first kappa shape index (κ1) is 18.8. The molecule has 0 bridgehead atoms. The highest BCUT2D eigenvalue weighted by Crippen LogP contribution is 2.26. The van der Waals surface area contributed by atoms with Crippen LogP contribution in [-0.4, -0.2) is 45.5 Å². The molecule has 0 N–H and O–H groups in total. The number of rotatable bonds is 5. The highest BCUT2D eigenvalue weighted by molar-refractivity contribution is 8.01. The van der Waals surface area contributed by atoms with E-state index in [1.807, 2.05) is 18.2 Å². The molecule has 7 heteroatoms. The first-order valence-electron chi connectivity index (χ1n) is 8.35. The van der Waals surface area contributed by atoms with E-state index in [9.17, 15) is 14.4 Å². The smallest absolute Gasteiger partial charge is 0.266 e. The normalized spacial score (nSPS) is 12.0. The number of carbonyl (C=O) groups excluding carboxylic acids is 2. The SMILES string of the molecule is CC(=O)[C@H](Sc1nc2ccccc2c(=O)n1-c1ccccc1)C(=O)N(C)C. The van der Waals surface area contributed by atoms with Crippen molar-refractivity contribution in [3.8, 4) is 5.69 Å². The molecule has 0 radical (unpaired) electrons. The summed E-state index contributed by atoms with van der Waals surface area (Å²) in [5.41, 5.74) is 0.911. The van der Waals surface area contributed by atoms with Crippen LogP contribution in [0.25, 0.3) is 16.6 Å². The van der Waals surface area contributed by atoms with Gasteiger partial charge in [0.15, 0.2) is 10.9 Å². The molecule has 0 fully saturated rings. The zero-order chi connectivity index (χ0) is 19.6. The molecular weight excluding hydrogens is 362 g/mol. The minimum absolute atomic E-state index is 0.242. The van der Waals surface area contributed by atoms with Crippen LogP contribution in [-0.2, 0) is 9.59 Å². The van der Waals surface area contributed by atoms with E-state index in [0.29, 0.717) is 21.7 Å². The summed E-state index contributed by atoms with van der Waals surface area (Å²) >= 11 is 0.995. The van der Waals surface area contributed by atoms with Crippen molar-refractivity contribution >= 4 is 34.4 Å². The predicted octanol–water partition coefficient (Wildman–Crippen LogP) is 2.52. The molecule has 3 rings (SSSR count). The molecule has 1 atom stereocenters. The Kier molecular flexibility index (Phi) is 5.41. The standard InChI is InChI=1S/C20H19N3O3S/c1-13(24)17(19(26)22(2)3)27-20-21-16-12-8-7-11-15(16)18(25)23(20)14-9-5-4-6-10-14/h4-12,17H,1-3H3/t17-/m0/s1. The van der Waals surface area contributed by atoms with Crippen LogP contribution in [0.1, 0.15) is 6.92 Å². The van der Waals surface area contributed by atoms with Crippen LogP contribution in [0.15, 0.2) is 64.5 Å². The summed E-state index contributed by atoms with van der Waals surface area (Å²) in [4.78, 5) is 43.6. The lowest BCUT2D eigenvalue weighted by molar-refractivity contribution is -0.132. The summed E-state index contributed by atoms with van der Waals surface area (Å²) in [5.74, 6) is -0.629. The van der Waals surface area contributed by atoms with Crippen molar-refractivity contribution in [2.24, 2.45) is 0 Å². The fourth-order valence-corrected chi connectivity index (χ4v) is 3.78. The monoisotopic (exact) mass is 381 g/mol. The highest BCUT2D eigenvalue weighted by atomic mass is 32.2. The van der Waals surface area contributed by atoms with E-state index in [1.165, 1.54) is 16.4 Å². The van der Waals surface area contributed by atoms with Gasteiger partial charge in [-0.2, -0.15) is 0 Å². The number of Topliss-reactive ketones (excluding diaryl/α,β-unsaturated/α-hetero) is 1. The molecule has 1 heterocycles. The van der Waals surface area contributed by atoms with Gasteiger partial charge in [0.05, 0.1) is 16.6 Å². The second-order valence-corrected chi connectivity index (χ2v) is 7.30. The van der Waals surface area contributed by atoms with E-state index >= 15 is 0 Å². The number of benzene rings is 2. The number of hydrogen-bond donors (Lipinski definition) is 0. The molecule has 0 unspecified atom stereocenters. The number of nitrogens with zero attached hydrogens (tertiary/aromatic N) is 3. The number of aromatic nitrogens is 2. The van der Waals surface area contributed by atoms with Gasteiger partial charge in [0.1, 0.15) is 5.25 Å². The average molecular weight is 381 g/mol. The summed E-state index contributed by atoms with van der Waals surface area (Å²) in [7, 11) is 3.19. The Morgan fingerprint density at radius 2 is 1.67 bits per heavy atom. The zero-order valence-electron chi connectivity index (χ0n) is 15.2. The summed E-state index contributed by atoms with van der Waals surface area (Å²) in [5, 5.41) is -0.188. The lowest BCUT2D eigenvalue weighted by Gasteiger charge is -2.19. The molecule has 0 aliphatic heterocycles. The molecule has 27 heavy (non-hydrogen) atoms. The molecule has 1 aromatic heterocycles. The first-order chi connectivity index (χ1) is 12.9. The third kappa shape index (κ3) is 3.78. The van der Waals surface area contributed by atoms with E-state index in [2.05, 4.69) is 4.98 Å². The Bertz CT molecular complexity index is 1060. The van der Waals surface area contributed by atoms with Gasteiger partial charge in [-0.25, -0.2) is 4.98 Å². The minimum atomic E-state index is -0.969. The van der Waals surface area contributed by atoms with Crippen LogP contribution < -0.4 is 5.56 Å². The van der Waals surface area contributed by atoms with E-state index in [0.717, 1.165) is 11.8 Å². The van der Waals surface area contributed by atoms with Crippen LogP contribution in [0.5, 0.6) is 0 Å². The lowest BCUT2D eigenvalue weighted by atomic mass is 10.2. The van der Waals surface area contributed by atoms with E-state index in [1.54, 1.807) is 50.5 Å². The van der Waals surface area contributed by atoms with Crippen LogP contribution in [0.3, 0.4) is 0 Å². The van der Waals surface area contributed by atoms with Crippen LogP contribution in [0.2, 0.25) is 0 Å². The highest BCUT2D eigenvalue weighted by Gasteiger charge is 2.28. The fourth-order valence-electron chi connectivity index (χ4n) is 2.64. The molecular formula is C20H19N3O3S. The Morgan fingerprint density at radius 3 is 2.30 bits per heavy atom. The van der Waals surface area contributed by atoms with Gasteiger partial charge in [0.25, 0.3) is 5.56 Å². The molecule has 3 aromatic rings. The number of thioether (sulfide) groups is 1. The summed E-state index contributed by atoms with van der Waals surface area (Å²) in [6.07, 6.45) is 0. The molecule has 0 aliphatic rings. The van der Waals surface area contributed by atoms with Gasteiger partial charge in [0, 0.05) is 14.1 Å². The van der Waals surface area contributed by atoms with Gasteiger partial charge in [-0.05, 0) is 31.2 Å². The third-order valence-electron chi connectivity index (χ3n) is 4.02. The quantitative estimate of drug-likeness (QED) is 0.386. The van der Waals surface area contributed by atoms with Crippen molar-refractivity contribution in [1.82, 2.24) is 14.5 Å². The minimum Gasteiger partial charge on any atom is -0.347 e. The predicted molar refractivity (Wildman–Crippen MR) is 106 cm³/mol. The van der Waals surface area contributed by atoms with Gasteiger partial charge in [-0.1, -0.05) is 42.1 Å². The second kappa shape index (κ2) is 7.75. The van der Waals surface area contributed by atoms with Gasteiger partial charge < -0.3 is 4.90 Å². The number of hydrogen-bond acceptors (Lipinski definition) is 5. The topological polar surface area (TPSA) is 72.3 Å². The zero-order valence-corrected chi connectivity index (χ0v) is 16.1. The molecule has 0 saturated heterocycles. The van der Waals surface area contributed by atoms with Gasteiger partial charge in [0.2, 0.25) is 5.91 Å². The summed E-state index contributed by atoms with van der Waals surface area (Å²) in [6, 6.07) is 16.1. The fraction of sp³-hybridized carbons (Fsp3) is 0.200. The van der Waals surface area contributed by atoms with Crippen LogP contribution in [0.4, 0.5) is 0 Å². The van der Waals surface area contributed by atoms with Crippen molar-refractivity contribution in [2.45, 2.75) is 17.3 Å². The summed E-state index contributed by atoms with van der Waals surface area (Å²) in [6.45, 7) is 1.37. The molecule has 2 aromatic carbocycles. The number of ketones is 1. The van der Waals surface area contributed by atoms with Gasteiger partial charge in [-0.3, -0.25) is 19.0 Å². The molecule has 6 nitrogen and oxygen atoms in total. The number of amides is 1. The third-order valence-corrected chi connectivity index (χ3v) is 5.27.